The Hall–Kier alpha value is -2.38. The molecule has 0 saturated heterocycles. The molecule has 1 atom stereocenters. The van der Waals surface area contributed by atoms with Crippen LogP contribution < -0.4 is 15.9 Å². The van der Waals surface area contributed by atoms with Gasteiger partial charge < -0.3 is 0 Å². The van der Waals surface area contributed by atoms with Crippen LogP contribution >= 0.6 is 23.1 Å². The molecule has 4 rings (SSSR count). The highest BCUT2D eigenvalue weighted by molar-refractivity contribution is 8.14. The highest BCUT2D eigenvalue weighted by atomic mass is 32.2. The van der Waals surface area contributed by atoms with E-state index in [-0.39, 0.29) is 12.1 Å². The van der Waals surface area contributed by atoms with E-state index < -0.39 is 0 Å². The zero-order valence-corrected chi connectivity index (χ0v) is 15.2. The molecule has 7 heteroatoms. The summed E-state index contributed by atoms with van der Waals surface area (Å²) in [4.78, 5) is 19.9. The lowest BCUT2D eigenvalue weighted by molar-refractivity contribution is -0.116. The van der Waals surface area contributed by atoms with Crippen LogP contribution in [0.25, 0.3) is 5.70 Å². The van der Waals surface area contributed by atoms with Gasteiger partial charge in [0.05, 0.1) is 10.2 Å². The third-order valence-electron chi connectivity index (χ3n) is 3.87. The van der Waals surface area contributed by atoms with Crippen molar-refractivity contribution < 1.29 is 4.79 Å². The van der Waals surface area contributed by atoms with Crippen LogP contribution in [0.1, 0.15) is 15.9 Å². The number of nitrogens with one attached hydrogen (secondary N) is 1. The molecule has 1 amide bonds. The molecule has 0 saturated carbocycles. The molecular weight excluding hydrogens is 352 g/mol. The van der Waals surface area contributed by atoms with Crippen molar-refractivity contribution in [2.45, 2.75) is 13.1 Å². The van der Waals surface area contributed by atoms with Crippen LogP contribution in [0.2, 0.25) is 0 Å². The predicted molar refractivity (Wildman–Crippen MR) is 102 cm³/mol. The second kappa shape index (κ2) is 6.50. The summed E-state index contributed by atoms with van der Waals surface area (Å²) >= 11 is 3.12. The lowest BCUT2D eigenvalue weighted by Crippen LogP contribution is -2.50. The molecule has 0 bridgehead atoms. The monoisotopic (exact) mass is 368 g/mol. The van der Waals surface area contributed by atoms with Gasteiger partial charge in [-0.25, -0.2) is 5.01 Å². The molecule has 1 aromatic carbocycles. The molecule has 0 spiro atoms. The number of amidine groups is 1. The Morgan fingerprint density at radius 2 is 2.20 bits per heavy atom. The maximum atomic E-state index is 12.8. The van der Waals surface area contributed by atoms with Gasteiger partial charge in [0.15, 0.2) is 11.3 Å². The van der Waals surface area contributed by atoms with Crippen molar-refractivity contribution in [3.05, 3.63) is 69.4 Å². The van der Waals surface area contributed by atoms with E-state index in [9.17, 15) is 4.79 Å². The molecule has 25 heavy (non-hydrogen) atoms. The number of para-hydroxylation sites is 1. The summed E-state index contributed by atoms with van der Waals surface area (Å²) in [6.07, 6.45) is 1.46. The molecular formula is C18H16N4OS2. The van der Waals surface area contributed by atoms with E-state index in [0.717, 1.165) is 15.5 Å². The highest BCUT2D eigenvalue weighted by Crippen LogP contribution is 2.34. The summed E-state index contributed by atoms with van der Waals surface area (Å²) in [5.41, 5.74) is 0.546. The number of nitrogens with zero attached hydrogens (tertiary/aromatic N) is 3. The first-order valence-electron chi connectivity index (χ1n) is 7.84. The van der Waals surface area contributed by atoms with E-state index in [0.29, 0.717) is 16.6 Å². The van der Waals surface area contributed by atoms with Crippen LogP contribution in [0.5, 0.6) is 0 Å². The van der Waals surface area contributed by atoms with Gasteiger partial charge in [-0.2, -0.15) is 0 Å². The maximum Gasteiger partial charge on any atom is 0.276 e. The Morgan fingerprint density at radius 1 is 1.36 bits per heavy atom. The molecule has 2 aliphatic heterocycles. The zero-order chi connectivity index (χ0) is 17.4. The third-order valence-corrected chi connectivity index (χ3v) is 5.77. The maximum absolute atomic E-state index is 12.8. The summed E-state index contributed by atoms with van der Waals surface area (Å²) in [6, 6.07) is 11.8. The number of amides is 1. The van der Waals surface area contributed by atoms with Crippen molar-refractivity contribution in [3.8, 4) is 0 Å². The van der Waals surface area contributed by atoms with Crippen molar-refractivity contribution in [2.75, 3.05) is 5.75 Å². The summed E-state index contributed by atoms with van der Waals surface area (Å²) in [5, 5.41) is 11.5. The van der Waals surface area contributed by atoms with Gasteiger partial charge in [-0.05, 0) is 25.1 Å². The molecule has 5 nitrogen and oxygen atoms in total. The molecule has 3 heterocycles. The molecule has 0 fully saturated rings. The lowest BCUT2D eigenvalue weighted by atomic mass is 10.1. The van der Waals surface area contributed by atoms with Crippen LogP contribution in [0.3, 0.4) is 0 Å². The molecule has 0 aliphatic carbocycles. The predicted octanol–water partition coefficient (Wildman–Crippen LogP) is 2.12. The van der Waals surface area contributed by atoms with Crippen LogP contribution in [0, 0.1) is 6.92 Å². The number of carbonyl (C=O) groups excluding carboxylic acids is 1. The standard InChI is InChI=1S/C18H16N4OS2/c1-3-10-24-18-20-17(23)15-12-6-4-5-7-13(12)19-16(22(15)21-18)14-9-8-11(2)25-14/h3-9,16H,1,10H2,2H3,(H,20,21,23)/t16-/m0/s1. The van der Waals surface area contributed by atoms with Crippen LogP contribution in [0.4, 0.5) is 0 Å². The number of aryl methyl sites for hydroxylation is 1. The number of hydrogen-bond acceptors (Lipinski definition) is 6. The fraction of sp³-hybridized carbons (Fsp3) is 0.167. The minimum Gasteiger partial charge on any atom is -0.298 e. The van der Waals surface area contributed by atoms with E-state index in [2.05, 4.69) is 36.1 Å². The molecule has 1 aromatic heterocycles. The Kier molecular flexibility index (Phi) is 4.19. The average molecular weight is 368 g/mol. The first-order chi connectivity index (χ1) is 12.2. The van der Waals surface area contributed by atoms with Gasteiger partial charge in [0.2, 0.25) is 0 Å². The van der Waals surface area contributed by atoms with Crippen molar-refractivity contribution >= 4 is 39.9 Å². The summed E-state index contributed by atoms with van der Waals surface area (Å²) in [5.74, 6) is 0.529. The zero-order valence-electron chi connectivity index (χ0n) is 13.6. The van der Waals surface area contributed by atoms with Gasteiger partial charge in [-0.15, -0.1) is 23.0 Å². The highest BCUT2D eigenvalue weighted by Gasteiger charge is 2.34. The Labute approximate surface area is 153 Å². The first kappa shape index (κ1) is 16.1. The Balaban J connectivity index is 1.91. The topological polar surface area (TPSA) is 57.1 Å². The molecule has 0 radical (unpaired) electrons. The van der Waals surface area contributed by atoms with Crippen molar-refractivity contribution in [1.82, 2.24) is 10.3 Å². The van der Waals surface area contributed by atoms with Gasteiger partial charge in [0.25, 0.3) is 5.91 Å². The smallest absolute Gasteiger partial charge is 0.276 e. The second-order valence-electron chi connectivity index (χ2n) is 5.62. The minimum absolute atomic E-state index is 0.151. The van der Waals surface area contributed by atoms with E-state index >= 15 is 0 Å². The van der Waals surface area contributed by atoms with Gasteiger partial charge in [0.1, 0.15) is 5.70 Å². The fourth-order valence-electron chi connectivity index (χ4n) is 2.81. The number of thiophene rings is 1. The number of hydrogen-bond donors (Lipinski definition) is 1. The summed E-state index contributed by atoms with van der Waals surface area (Å²) < 4.78 is 0. The van der Waals surface area contributed by atoms with E-state index in [1.165, 1.54) is 16.6 Å². The number of rotatable bonds is 3. The van der Waals surface area contributed by atoms with Gasteiger partial charge in [-0.3, -0.25) is 15.1 Å². The summed E-state index contributed by atoms with van der Waals surface area (Å²) in [6.45, 7) is 5.78. The molecule has 2 aliphatic rings. The van der Waals surface area contributed by atoms with Crippen LogP contribution in [-0.2, 0) is 4.79 Å². The van der Waals surface area contributed by atoms with Crippen LogP contribution in [0.15, 0.2) is 59.1 Å². The molecule has 0 unspecified atom stereocenters. The van der Waals surface area contributed by atoms with E-state index in [4.69, 9.17) is 4.99 Å². The third kappa shape index (κ3) is 2.89. The number of thioether (sulfide) groups is 1. The molecule has 126 valence electrons. The Morgan fingerprint density at radius 3 is 2.96 bits per heavy atom. The van der Waals surface area contributed by atoms with Crippen molar-refractivity contribution in [3.63, 3.8) is 0 Å². The number of fused-ring (bicyclic) bond motifs is 2. The lowest BCUT2D eigenvalue weighted by Gasteiger charge is -2.33. The second-order valence-corrected chi connectivity index (χ2v) is 7.95. The molecule has 1 N–H and O–H groups in total. The van der Waals surface area contributed by atoms with Crippen LogP contribution in [-0.4, -0.2) is 21.8 Å². The SMILES string of the molecule is C=CCSC1=NN2C(=c3ccccc3=N[C@@H]2c2ccc(C)s2)C(=O)N1. The first-order valence-corrected chi connectivity index (χ1v) is 9.64. The van der Waals surface area contributed by atoms with Crippen molar-refractivity contribution in [1.29, 1.82) is 0 Å². The number of hydrazone groups is 1. The average Bonchev–Trinajstić information content (AvgIpc) is 3.05. The fourth-order valence-corrected chi connectivity index (χ4v) is 4.30. The largest absolute Gasteiger partial charge is 0.298 e. The van der Waals surface area contributed by atoms with Crippen molar-refractivity contribution in [2.24, 2.45) is 10.1 Å². The van der Waals surface area contributed by atoms with Gasteiger partial charge in [0, 0.05) is 15.8 Å². The summed E-state index contributed by atoms with van der Waals surface area (Å²) in [7, 11) is 0. The number of benzene rings is 1. The van der Waals surface area contributed by atoms with Gasteiger partial charge in [-0.1, -0.05) is 36.0 Å². The van der Waals surface area contributed by atoms with E-state index in [1.807, 2.05) is 24.3 Å². The normalized spacial score (nSPS) is 18.7. The van der Waals surface area contributed by atoms with E-state index in [1.54, 1.807) is 22.4 Å². The van der Waals surface area contributed by atoms with Gasteiger partial charge >= 0.3 is 0 Å². The Bertz CT molecular complexity index is 1010. The minimum atomic E-state index is -0.325. The quantitative estimate of drug-likeness (QED) is 0.845. The number of carbonyl (C=O) groups is 1. The molecule has 2 aromatic rings.